The summed E-state index contributed by atoms with van der Waals surface area (Å²) < 4.78 is 52.2. The lowest BCUT2D eigenvalue weighted by Gasteiger charge is -2.36. The highest BCUT2D eigenvalue weighted by atomic mass is 32.2. The van der Waals surface area contributed by atoms with Crippen molar-refractivity contribution in [2.75, 3.05) is 29.6 Å². The highest BCUT2D eigenvalue weighted by Gasteiger charge is 2.47. The van der Waals surface area contributed by atoms with Crippen LogP contribution in [0.2, 0.25) is 0 Å². The van der Waals surface area contributed by atoms with Gasteiger partial charge in [-0.15, -0.1) is 0 Å². The predicted octanol–water partition coefficient (Wildman–Crippen LogP) is 3.85. The molecule has 2 heterocycles. The Labute approximate surface area is 196 Å². The molecule has 1 aromatic carbocycles. The van der Waals surface area contributed by atoms with E-state index in [2.05, 4.69) is 5.32 Å². The van der Waals surface area contributed by atoms with Gasteiger partial charge in [-0.25, -0.2) is 17.2 Å². The molecule has 0 bridgehead atoms. The van der Waals surface area contributed by atoms with E-state index in [1.165, 1.54) is 47.9 Å². The molecule has 0 atom stereocenters. The zero-order chi connectivity index (χ0) is 24.3. The quantitative estimate of drug-likeness (QED) is 0.686. The van der Waals surface area contributed by atoms with Crippen LogP contribution in [0.3, 0.4) is 0 Å². The fourth-order valence-corrected chi connectivity index (χ4v) is 5.64. The molecule has 1 amide bonds. The summed E-state index contributed by atoms with van der Waals surface area (Å²) in [7, 11) is -3.48. The topological polar surface area (TPSA) is 88.5 Å². The van der Waals surface area contributed by atoms with E-state index in [0.717, 1.165) is 32.2 Å². The van der Waals surface area contributed by atoms with Crippen molar-refractivity contribution in [3.63, 3.8) is 0 Å². The smallest absolute Gasteiger partial charge is 0.274 e. The number of nitrogens with zero attached hydrogens (tertiary/aromatic N) is 2. The Hall–Kier alpha value is -2.75. The normalized spacial score (nSPS) is 21.2. The molecule has 1 aromatic heterocycles. The number of hydrogen-bond acceptors (Lipinski definition) is 5. The molecule has 1 aliphatic heterocycles. The van der Waals surface area contributed by atoms with E-state index in [0.29, 0.717) is 11.1 Å². The number of carbonyl (C=O) groups is 1. The van der Waals surface area contributed by atoms with Crippen LogP contribution in [-0.2, 0) is 9.84 Å². The molecule has 10 heteroatoms. The van der Waals surface area contributed by atoms with Crippen molar-refractivity contribution in [3.05, 3.63) is 52.4 Å². The summed E-state index contributed by atoms with van der Waals surface area (Å²) in [6.07, 6.45) is 6.17. The second-order valence-corrected chi connectivity index (χ2v) is 12.0. The first-order valence-electron chi connectivity index (χ1n) is 11.5. The van der Waals surface area contributed by atoms with E-state index in [4.69, 9.17) is 0 Å². The maximum absolute atomic E-state index is 13.3. The van der Waals surface area contributed by atoms with Crippen LogP contribution in [0.4, 0.5) is 20.2 Å². The van der Waals surface area contributed by atoms with Gasteiger partial charge in [-0.05, 0) is 61.4 Å². The van der Waals surface area contributed by atoms with E-state index in [-0.39, 0.29) is 16.1 Å². The number of alkyl halides is 2. The van der Waals surface area contributed by atoms with Gasteiger partial charge < -0.3 is 14.8 Å². The molecular weight excluding hydrogens is 464 g/mol. The van der Waals surface area contributed by atoms with Gasteiger partial charge in [0, 0.05) is 44.4 Å². The van der Waals surface area contributed by atoms with Crippen LogP contribution in [0.5, 0.6) is 0 Å². The van der Waals surface area contributed by atoms with Gasteiger partial charge >= 0.3 is 0 Å². The van der Waals surface area contributed by atoms with Crippen molar-refractivity contribution in [3.8, 4) is 0 Å². The Morgan fingerprint density at radius 3 is 2.35 bits per heavy atom. The van der Waals surface area contributed by atoms with Gasteiger partial charge in [-0.3, -0.25) is 9.59 Å². The maximum atomic E-state index is 13.3. The summed E-state index contributed by atoms with van der Waals surface area (Å²) in [5, 5.41) is 2.62. The highest BCUT2D eigenvalue weighted by molar-refractivity contribution is 7.90. The highest BCUT2D eigenvalue weighted by Crippen LogP contribution is 2.54. The largest absolute Gasteiger partial charge is 0.371 e. The van der Waals surface area contributed by atoms with Gasteiger partial charge in [0.2, 0.25) is 0 Å². The van der Waals surface area contributed by atoms with Crippen LogP contribution in [0.1, 0.15) is 54.9 Å². The van der Waals surface area contributed by atoms with E-state index in [9.17, 15) is 26.8 Å². The third-order valence-corrected chi connectivity index (χ3v) is 8.56. The molecule has 3 aliphatic rings. The minimum absolute atomic E-state index is 0.00330. The first-order valence-corrected chi connectivity index (χ1v) is 13.4. The molecule has 2 aromatic rings. The fraction of sp³-hybridized carbons (Fsp3) is 0.500. The SMILES string of the molecule is CS(=O)(=O)c1ccc(C(=O)Nc2cccn(C3CC(F)(F)C3)c2=O)c(N2CCC3(CC2)CC3)c1. The van der Waals surface area contributed by atoms with Crippen LogP contribution in [0.15, 0.2) is 46.2 Å². The fourth-order valence-electron chi connectivity index (χ4n) is 5.00. The van der Waals surface area contributed by atoms with Crippen molar-refractivity contribution in [1.82, 2.24) is 4.57 Å². The zero-order valence-corrected chi connectivity index (χ0v) is 19.7. The minimum atomic E-state index is -3.48. The number of carbonyl (C=O) groups excluding carboxylic acids is 1. The lowest BCUT2D eigenvalue weighted by Crippen LogP contribution is -2.41. The third-order valence-electron chi connectivity index (χ3n) is 7.45. The number of benzene rings is 1. The molecule has 1 spiro atoms. The Kier molecular flexibility index (Phi) is 5.34. The van der Waals surface area contributed by atoms with Crippen molar-refractivity contribution >= 4 is 27.1 Å². The molecule has 0 radical (unpaired) electrons. The Balaban J connectivity index is 1.43. The van der Waals surface area contributed by atoms with Gasteiger partial charge in [0.25, 0.3) is 17.4 Å². The number of rotatable bonds is 5. The lowest BCUT2D eigenvalue weighted by molar-refractivity contribution is -0.104. The Morgan fingerprint density at radius 2 is 1.76 bits per heavy atom. The van der Waals surface area contributed by atoms with Crippen molar-refractivity contribution in [2.24, 2.45) is 5.41 Å². The number of pyridine rings is 1. The summed E-state index contributed by atoms with van der Waals surface area (Å²) in [6, 6.07) is 6.76. The standard InChI is InChI=1S/C24H27F2N3O4S/c1-34(32,33)17-4-5-18(20(13-17)28-11-8-23(6-7-23)9-12-28)21(30)27-19-3-2-10-29(22(19)31)16-14-24(25,26)15-16/h2-5,10,13,16H,6-9,11-12,14-15H2,1H3,(H,27,30). The summed E-state index contributed by atoms with van der Waals surface area (Å²) >= 11 is 0. The van der Waals surface area contributed by atoms with Gasteiger partial charge in [-0.2, -0.15) is 0 Å². The second kappa shape index (κ2) is 7.90. The molecule has 2 saturated carbocycles. The minimum Gasteiger partial charge on any atom is -0.371 e. The zero-order valence-electron chi connectivity index (χ0n) is 18.9. The molecule has 34 heavy (non-hydrogen) atoms. The average molecular weight is 492 g/mol. The third kappa shape index (κ3) is 4.35. The monoisotopic (exact) mass is 491 g/mol. The Morgan fingerprint density at radius 1 is 1.09 bits per heavy atom. The number of aromatic nitrogens is 1. The molecule has 1 saturated heterocycles. The summed E-state index contributed by atoms with van der Waals surface area (Å²) in [5.41, 5.74) is 0.645. The van der Waals surface area contributed by atoms with Crippen LogP contribution in [-0.4, -0.2) is 44.2 Å². The first kappa shape index (κ1) is 23.0. The maximum Gasteiger partial charge on any atom is 0.274 e. The second-order valence-electron chi connectivity index (χ2n) is 9.94. The molecule has 1 N–H and O–H groups in total. The van der Waals surface area contributed by atoms with Gasteiger partial charge in [0.1, 0.15) is 5.69 Å². The van der Waals surface area contributed by atoms with Crippen molar-refractivity contribution in [2.45, 2.75) is 55.4 Å². The number of sulfone groups is 1. The van der Waals surface area contributed by atoms with Crippen molar-refractivity contribution in [1.29, 1.82) is 0 Å². The number of halogens is 2. The summed E-state index contributed by atoms with van der Waals surface area (Å²) in [4.78, 5) is 28.2. The van der Waals surface area contributed by atoms with E-state index >= 15 is 0 Å². The van der Waals surface area contributed by atoms with Gasteiger partial charge in [0.15, 0.2) is 9.84 Å². The molecule has 2 aliphatic carbocycles. The molecule has 5 rings (SSSR count). The van der Waals surface area contributed by atoms with Crippen LogP contribution in [0, 0.1) is 5.41 Å². The number of amides is 1. The molecule has 7 nitrogen and oxygen atoms in total. The average Bonchev–Trinajstić information content (AvgIpc) is 3.52. The van der Waals surface area contributed by atoms with Gasteiger partial charge in [-0.1, -0.05) is 0 Å². The molecule has 3 fully saturated rings. The van der Waals surface area contributed by atoms with Crippen LogP contribution in [0.25, 0.3) is 0 Å². The van der Waals surface area contributed by atoms with Crippen molar-refractivity contribution < 1.29 is 22.0 Å². The molecular formula is C24H27F2N3O4S. The van der Waals surface area contributed by atoms with E-state index < -0.39 is 46.1 Å². The lowest BCUT2D eigenvalue weighted by atomic mass is 9.88. The number of anilines is 2. The summed E-state index contributed by atoms with van der Waals surface area (Å²) in [6.45, 7) is 1.45. The van der Waals surface area contributed by atoms with E-state index in [1.807, 2.05) is 4.90 Å². The van der Waals surface area contributed by atoms with Gasteiger partial charge in [0.05, 0.1) is 16.1 Å². The van der Waals surface area contributed by atoms with Crippen LogP contribution < -0.4 is 15.8 Å². The van der Waals surface area contributed by atoms with Crippen LogP contribution >= 0.6 is 0 Å². The predicted molar refractivity (Wildman–Crippen MR) is 125 cm³/mol. The number of nitrogens with one attached hydrogen (secondary N) is 1. The molecule has 0 unspecified atom stereocenters. The van der Waals surface area contributed by atoms with E-state index in [1.54, 1.807) is 6.07 Å². The number of piperidine rings is 1. The molecule has 182 valence electrons. The summed E-state index contributed by atoms with van der Waals surface area (Å²) in [5.74, 6) is -3.32. The Bertz CT molecular complexity index is 1300. The number of hydrogen-bond donors (Lipinski definition) is 1. The first-order chi connectivity index (χ1) is 16.0.